The molecule has 19 heavy (non-hydrogen) atoms. The number of pyridine rings is 1. The standard InChI is InChI=1S/C15H9F2N.Ir/c16-11-6-7-12(13(17)9-11)15-8-5-10-3-1-2-4-14(10)18-15;/h1-9H;. The fourth-order valence-corrected chi connectivity index (χ4v) is 1.91. The van der Waals surface area contributed by atoms with E-state index in [4.69, 9.17) is 0 Å². The van der Waals surface area contributed by atoms with Crippen molar-refractivity contribution in [1.29, 1.82) is 0 Å². The van der Waals surface area contributed by atoms with Crippen molar-refractivity contribution >= 4 is 10.9 Å². The Balaban J connectivity index is 0.00000133. The molecule has 0 amide bonds. The van der Waals surface area contributed by atoms with E-state index in [2.05, 4.69) is 4.98 Å². The van der Waals surface area contributed by atoms with E-state index in [9.17, 15) is 8.78 Å². The molecule has 0 bridgehead atoms. The maximum Gasteiger partial charge on any atom is 0.135 e. The van der Waals surface area contributed by atoms with E-state index in [1.165, 1.54) is 12.1 Å². The molecule has 1 aromatic heterocycles. The molecule has 1 nitrogen and oxygen atoms in total. The third-order valence-electron chi connectivity index (χ3n) is 2.81. The number of hydrogen-bond acceptors (Lipinski definition) is 1. The molecule has 97 valence electrons. The van der Waals surface area contributed by atoms with Crippen molar-refractivity contribution in [3.8, 4) is 11.3 Å². The van der Waals surface area contributed by atoms with E-state index in [0.29, 0.717) is 11.3 Å². The van der Waals surface area contributed by atoms with Gasteiger partial charge in [0.15, 0.2) is 0 Å². The zero-order valence-corrected chi connectivity index (χ0v) is 12.1. The van der Waals surface area contributed by atoms with Crippen LogP contribution in [0, 0.1) is 11.6 Å². The molecule has 0 fully saturated rings. The van der Waals surface area contributed by atoms with Crippen LogP contribution in [0.2, 0.25) is 0 Å². The molecule has 3 rings (SSSR count). The molecule has 2 aromatic carbocycles. The summed E-state index contributed by atoms with van der Waals surface area (Å²) >= 11 is 0. The number of benzene rings is 2. The molecular weight excluding hydrogens is 424 g/mol. The molecule has 1 radical (unpaired) electrons. The van der Waals surface area contributed by atoms with Crippen LogP contribution in [0.15, 0.2) is 54.6 Å². The van der Waals surface area contributed by atoms with E-state index in [1.54, 1.807) is 6.07 Å². The quantitative estimate of drug-likeness (QED) is 0.561. The number of nitrogens with zero attached hydrogens (tertiary/aromatic N) is 1. The molecule has 0 unspecified atom stereocenters. The Kier molecular flexibility index (Phi) is 4.03. The molecule has 0 atom stereocenters. The maximum atomic E-state index is 13.7. The zero-order chi connectivity index (χ0) is 12.5. The molecule has 0 saturated heterocycles. The van der Waals surface area contributed by atoms with Gasteiger partial charge < -0.3 is 0 Å². The van der Waals surface area contributed by atoms with Gasteiger partial charge in [-0.15, -0.1) is 0 Å². The molecule has 4 heteroatoms. The molecule has 0 saturated carbocycles. The minimum Gasteiger partial charge on any atom is -0.248 e. The summed E-state index contributed by atoms with van der Waals surface area (Å²) in [5.41, 5.74) is 1.60. The van der Waals surface area contributed by atoms with Crippen molar-refractivity contribution in [2.45, 2.75) is 0 Å². The van der Waals surface area contributed by atoms with Crippen LogP contribution in [-0.4, -0.2) is 4.98 Å². The summed E-state index contributed by atoms with van der Waals surface area (Å²) in [4.78, 5) is 4.37. The van der Waals surface area contributed by atoms with Crippen LogP contribution >= 0.6 is 0 Å². The van der Waals surface area contributed by atoms with E-state index >= 15 is 0 Å². The van der Waals surface area contributed by atoms with E-state index in [1.807, 2.05) is 30.3 Å². The normalized spacial score (nSPS) is 10.2. The summed E-state index contributed by atoms with van der Waals surface area (Å²) < 4.78 is 26.5. The molecule has 3 aromatic rings. The van der Waals surface area contributed by atoms with Gasteiger partial charge in [0.2, 0.25) is 0 Å². The van der Waals surface area contributed by atoms with E-state index < -0.39 is 11.6 Å². The van der Waals surface area contributed by atoms with Crippen molar-refractivity contribution in [2.24, 2.45) is 0 Å². The van der Waals surface area contributed by atoms with Gasteiger partial charge in [-0.3, -0.25) is 0 Å². The second-order valence-electron chi connectivity index (χ2n) is 4.01. The molecule has 1 heterocycles. The van der Waals surface area contributed by atoms with Crippen molar-refractivity contribution < 1.29 is 28.9 Å². The van der Waals surface area contributed by atoms with Gasteiger partial charge in [-0.1, -0.05) is 24.3 Å². The smallest absolute Gasteiger partial charge is 0.135 e. The summed E-state index contributed by atoms with van der Waals surface area (Å²) in [6.07, 6.45) is 0. The minimum atomic E-state index is -0.599. The molecule has 0 N–H and O–H groups in total. The average Bonchev–Trinajstić information content (AvgIpc) is 2.38. The molecule has 0 aliphatic rings. The van der Waals surface area contributed by atoms with E-state index in [-0.39, 0.29) is 20.1 Å². The number of hydrogen-bond donors (Lipinski definition) is 0. The van der Waals surface area contributed by atoms with Gasteiger partial charge >= 0.3 is 0 Å². The number of rotatable bonds is 1. The number of halogens is 2. The van der Waals surface area contributed by atoms with Gasteiger partial charge in [0, 0.05) is 37.1 Å². The summed E-state index contributed by atoms with van der Waals surface area (Å²) in [7, 11) is 0. The monoisotopic (exact) mass is 434 g/mol. The molecule has 0 aliphatic carbocycles. The van der Waals surface area contributed by atoms with Gasteiger partial charge in [0.1, 0.15) is 11.6 Å². The van der Waals surface area contributed by atoms with Crippen molar-refractivity contribution in [3.05, 3.63) is 66.2 Å². The van der Waals surface area contributed by atoms with Crippen molar-refractivity contribution in [3.63, 3.8) is 0 Å². The Labute approximate surface area is 122 Å². The van der Waals surface area contributed by atoms with Crippen LogP contribution in [0.25, 0.3) is 22.2 Å². The Morgan fingerprint density at radius 3 is 2.42 bits per heavy atom. The SMILES string of the molecule is Fc1ccc(-c2ccc3ccccc3n2)c(F)c1.[Ir]. The average molecular weight is 433 g/mol. The van der Waals surface area contributed by atoms with Gasteiger partial charge in [-0.05, 0) is 24.3 Å². The maximum absolute atomic E-state index is 13.7. The topological polar surface area (TPSA) is 12.9 Å². The first-order valence-corrected chi connectivity index (χ1v) is 5.55. The van der Waals surface area contributed by atoms with Crippen molar-refractivity contribution in [1.82, 2.24) is 4.98 Å². The van der Waals surface area contributed by atoms with Gasteiger partial charge in [-0.25, -0.2) is 13.8 Å². The third-order valence-corrected chi connectivity index (χ3v) is 2.81. The first-order valence-electron chi connectivity index (χ1n) is 5.55. The Morgan fingerprint density at radius 1 is 0.842 bits per heavy atom. The molecule has 0 aliphatic heterocycles. The van der Waals surface area contributed by atoms with Crippen LogP contribution in [0.1, 0.15) is 0 Å². The predicted octanol–water partition coefficient (Wildman–Crippen LogP) is 4.18. The summed E-state index contributed by atoms with van der Waals surface area (Å²) in [5.74, 6) is -1.19. The largest absolute Gasteiger partial charge is 0.248 e. The Morgan fingerprint density at radius 2 is 1.63 bits per heavy atom. The van der Waals surface area contributed by atoms with Gasteiger partial charge in [0.25, 0.3) is 0 Å². The van der Waals surface area contributed by atoms with Crippen LogP contribution in [-0.2, 0) is 20.1 Å². The fraction of sp³-hybridized carbons (Fsp3) is 0. The summed E-state index contributed by atoms with van der Waals surface area (Å²) in [5, 5.41) is 0.990. The summed E-state index contributed by atoms with van der Waals surface area (Å²) in [6, 6.07) is 14.7. The van der Waals surface area contributed by atoms with Crippen LogP contribution < -0.4 is 0 Å². The first-order chi connectivity index (χ1) is 8.74. The Hall–Kier alpha value is -1.64. The minimum absolute atomic E-state index is 0. The second-order valence-corrected chi connectivity index (χ2v) is 4.01. The predicted molar refractivity (Wildman–Crippen MR) is 67.1 cm³/mol. The summed E-state index contributed by atoms with van der Waals surface area (Å²) in [6.45, 7) is 0. The van der Waals surface area contributed by atoms with Gasteiger partial charge in [-0.2, -0.15) is 0 Å². The first kappa shape index (κ1) is 13.8. The second kappa shape index (κ2) is 5.55. The molecular formula is C15H9F2IrN. The number of aromatic nitrogens is 1. The Bertz CT molecular complexity index is 728. The van der Waals surface area contributed by atoms with Gasteiger partial charge in [0.05, 0.1) is 11.2 Å². The van der Waals surface area contributed by atoms with Crippen LogP contribution in [0.4, 0.5) is 8.78 Å². The zero-order valence-electron chi connectivity index (χ0n) is 9.73. The third kappa shape index (κ3) is 2.70. The van der Waals surface area contributed by atoms with Crippen LogP contribution in [0.5, 0.6) is 0 Å². The van der Waals surface area contributed by atoms with E-state index in [0.717, 1.165) is 17.0 Å². The number of para-hydroxylation sites is 1. The van der Waals surface area contributed by atoms with Crippen LogP contribution in [0.3, 0.4) is 0 Å². The molecule has 0 spiro atoms. The van der Waals surface area contributed by atoms with Crippen molar-refractivity contribution in [2.75, 3.05) is 0 Å². The fourth-order valence-electron chi connectivity index (χ4n) is 1.91. The number of fused-ring (bicyclic) bond motifs is 1.